The molecule has 284 valence electrons. The van der Waals surface area contributed by atoms with Gasteiger partial charge in [0.05, 0.1) is 17.8 Å². The Kier molecular flexibility index (Phi) is 13.1. The van der Waals surface area contributed by atoms with E-state index in [2.05, 4.69) is 52.7 Å². The minimum atomic E-state index is -0.705. The summed E-state index contributed by atoms with van der Waals surface area (Å²) in [5.41, 5.74) is 8.80. The average molecular weight is 715 g/mol. The molecule has 10 nitrogen and oxygen atoms in total. The van der Waals surface area contributed by atoms with E-state index in [4.69, 9.17) is 5.73 Å². The lowest BCUT2D eigenvalue weighted by Gasteiger charge is -2.55. The summed E-state index contributed by atoms with van der Waals surface area (Å²) in [7, 11) is 0. The number of nitrogens with one attached hydrogen (secondary N) is 3. The van der Waals surface area contributed by atoms with E-state index in [9.17, 15) is 19.5 Å². The SMILES string of the molecule is CCCCC(N)=NCCCCNC(=O)[C@@H](CC(C)C)NC(=O)CNC(=O)[C@@]1(c2ccccc2)C[C@H]1CN1CC[C@@]2(C)c3cc(O)ccc3C[C@@H]1[C@@H]2C. The van der Waals surface area contributed by atoms with Crippen molar-refractivity contribution in [3.05, 3.63) is 65.2 Å². The molecule has 10 heteroatoms. The molecule has 5 rings (SSSR count). The summed E-state index contributed by atoms with van der Waals surface area (Å²) in [6, 6.07) is 15.5. The van der Waals surface area contributed by atoms with Crippen molar-refractivity contribution >= 4 is 23.6 Å². The third kappa shape index (κ3) is 8.99. The number of piperidine rings is 1. The minimum Gasteiger partial charge on any atom is -0.508 e. The molecule has 0 spiro atoms. The van der Waals surface area contributed by atoms with Crippen LogP contribution in [0.4, 0.5) is 0 Å². The number of nitrogens with zero attached hydrogens (tertiary/aromatic N) is 2. The van der Waals surface area contributed by atoms with Gasteiger partial charge in [-0.3, -0.25) is 24.3 Å². The molecule has 2 aromatic rings. The van der Waals surface area contributed by atoms with Crippen LogP contribution in [0.15, 0.2) is 53.5 Å². The van der Waals surface area contributed by atoms with E-state index in [1.54, 1.807) is 6.07 Å². The van der Waals surface area contributed by atoms with Gasteiger partial charge in [-0.05, 0) is 103 Å². The highest BCUT2D eigenvalue weighted by Gasteiger charge is 2.62. The third-order valence-corrected chi connectivity index (χ3v) is 12.1. The number of benzene rings is 2. The number of fused-ring (bicyclic) bond motifs is 4. The number of rotatable bonds is 18. The Bertz CT molecular complexity index is 1580. The van der Waals surface area contributed by atoms with Crippen LogP contribution in [0, 0.1) is 17.8 Å². The molecule has 3 aliphatic rings. The lowest BCUT2D eigenvalue weighted by molar-refractivity contribution is -0.130. The van der Waals surface area contributed by atoms with E-state index in [1.165, 1.54) is 11.1 Å². The molecule has 0 aromatic heterocycles. The number of amidine groups is 1. The highest BCUT2D eigenvalue weighted by atomic mass is 16.3. The number of hydrogen-bond acceptors (Lipinski definition) is 6. The summed E-state index contributed by atoms with van der Waals surface area (Å²) in [5.74, 6) is 1.01. The highest BCUT2D eigenvalue weighted by molar-refractivity contribution is 5.95. The van der Waals surface area contributed by atoms with Crippen molar-refractivity contribution in [1.29, 1.82) is 0 Å². The van der Waals surface area contributed by atoms with E-state index in [0.717, 1.165) is 70.0 Å². The molecule has 6 atom stereocenters. The van der Waals surface area contributed by atoms with Gasteiger partial charge in [0.25, 0.3) is 0 Å². The number of likely N-dealkylation sites (tertiary alicyclic amines) is 1. The molecular formula is C42H62N6O4. The first-order chi connectivity index (χ1) is 24.9. The molecular weight excluding hydrogens is 653 g/mol. The molecule has 2 aliphatic carbocycles. The molecule has 2 aromatic carbocycles. The number of aliphatic imine (C=N–C) groups is 1. The zero-order valence-electron chi connectivity index (χ0n) is 32.0. The predicted octanol–water partition coefficient (Wildman–Crippen LogP) is 4.97. The van der Waals surface area contributed by atoms with E-state index in [0.29, 0.717) is 43.1 Å². The van der Waals surface area contributed by atoms with Crippen LogP contribution in [0.3, 0.4) is 0 Å². The summed E-state index contributed by atoms with van der Waals surface area (Å²) in [4.78, 5) is 47.4. The van der Waals surface area contributed by atoms with E-state index >= 15 is 0 Å². The van der Waals surface area contributed by atoms with Crippen molar-refractivity contribution in [3.63, 3.8) is 0 Å². The zero-order chi connectivity index (χ0) is 37.5. The van der Waals surface area contributed by atoms with Crippen molar-refractivity contribution in [1.82, 2.24) is 20.9 Å². The maximum atomic E-state index is 14.1. The number of hydrogen-bond donors (Lipinski definition) is 5. The number of phenols is 1. The Balaban J connectivity index is 1.16. The number of aromatic hydroxyl groups is 1. The molecule has 2 fully saturated rings. The Labute approximate surface area is 310 Å². The van der Waals surface area contributed by atoms with Crippen molar-refractivity contribution in [2.75, 3.05) is 32.7 Å². The molecule has 1 saturated carbocycles. The lowest BCUT2D eigenvalue weighted by Crippen LogP contribution is -2.58. The van der Waals surface area contributed by atoms with Crippen LogP contribution in [0.1, 0.15) is 103 Å². The maximum Gasteiger partial charge on any atom is 0.242 e. The lowest BCUT2D eigenvalue weighted by atomic mass is 9.59. The van der Waals surface area contributed by atoms with E-state index in [-0.39, 0.29) is 41.5 Å². The monoisotopic (exact) mass is 714 g/mol. The first kappa shape index (κ1) is 39.3. The van der Waals surface area contributed by atoms with Crippen molar-refractivity contribution < 1.29 is 19.5 Å². The van der Waals surface area contributed by atoms with Crippen molar-refractivity contribution in [2.24, 2.45) is 28.5 Å². The first-order valence-corrected chi connectivity index (χ1v) is 19.6. The van der Waals surface area contributed by atoms with Crippen LogP contribution in [-0.2, 0) is 31.6 Å². The summed E-state index contributed by atoms with van der Waals surface area (Å²) in [5, 5.41) is 19.1. The first-order valence-electron chi connectivity index (χ1n) is 19.6. The summed E-state index contributed by atoms with van der Waals surface area (Å²) < 4.78 is 0. The minimum absolute atomic E-state index is 0.000289. The molecule has 1 saturated heterocycles. The van der Waals surface area contributed by atoms with Gasteiger partial charge in [-0.25, -0.2) is 0 Å². The molecule has 0 radical (unpaired) electrons. The van der Waals surface area contributed by atoms with Crippen molar-refractivity contribution in [3.8, 4) is 5.75 Å². The largest absolute Gasteiger partial charge is 0.508 e. The van der Waals surface area contributed by atoms with Crippen LogP contribution in [-0.4, -0.2) is 78.4 Å². The van der Waals surface area contributed by atoms with E-state index < -0.39 is 11.5 Å². The molecule has 1 aliphatic heterocycles. The third-order valence-electron chi connectivity index (χ3n) is 12.1. The number of amides is 3. The van der Waals surface area contributed by atoms with Gasteiger partial charge in [-0.1, -0.05) is 77.4 Å². The zero-order valence-corrected chi connectivity index (χ0v) is 32.0. The van der Waals surface area contributed by atoms with Crippen LogP contribution in [0.2, 0.25) is 0 Å². The van der Waals surface area contributed by atoms with Gasteiger partial charge in [0, 0.05) is 32.1 Å². The fourth-order valence-corrected chi connectivity index (χ4v) is 8.75. The number of unbranched alkanes of at least 4 members (excludes halogenated alkanes) is 2. The van der Waals surface area contributed by atoms with Crippen LogP contribution >= 0.6 is 0 Å². The number of carbonyl (C=O) groups is 3. The summed E-state index contributed by atoms with van der Waals surface area (Å²) >= 11 is 0. The van der Waals surface area contributed by atoms with Gasteiger partial charge in [-0.15, -0.1) is 0 Å². The Morgan fingerprint density at radius 2 is 1.85 bits per heavy atom. The quantitative estimate of drug-likeness (QED) is 0.0837. The van der Waals surface area contributed by atoms with Gasteiger partial charge < -0.3 is 26.8 Å². The molecule has 0 unspecified atom stereocenters. The number of carbonyl (C=O) groups excluding carboxylic acids is 3. The predicted molar refractivity (Wildman–Crippen MR) is 207 cm³/mol. The molecule has 2 bridgehead atoms. The molecule has 6 N–H and O–H groups in total. The van der Waals surface area contributed by atoms with Crippen LogP contribution in [0.25, 0.3) is 0 Å². The molecule has 1 heterocycles. The Morgan fingerprint density at radius 1 is 1.08 bits per heavy atom. The number of nitrogens with two attached hydrogens (primary N) is 1. The van der Waals surface area contributed by atoms with Crippen molar-refractivity contribution in [2.45, 2.75) is 115 Å². The van der Waals surface area contributed by atoms with Gasteiger partial charge in [0.1, 0.15) is 11.8 Å². The summed E-state index contributed by atoms with van der Waals surface area (Å²) in [6.07, 6.45) is 7.67. The normalized spacial score (nSPS) is 26.0. The van der Waals surface area contributed by atoms with Crippen LogP contribution < -0.4 is 21.7 Å². The smallest absolute Gasteiger partial charge is 0.242 e. The van der Waals surface area contributed by atoms with Gasteiger partial charge in [0.2, 0.25) is 17.7 Å². The number of phenolic OH excluding ortho intramolecular Hbond substituents is 1. The topological polar surface area (TPSA) is 149 Å². The fraction of sp³-hybridized carbons (Fsp3) is 0.619. The second-order valence-electron chi connectivity index (χ2n) is 16.2. The standard InChI is InChI=1S/C42H62N6O4/c1-6-7-15-37(43)44-19-11-12-20-45-39(51)35(22-28(2)3)47-38(50)26-46-40(52)42(31-13-9-8-10-14-31)25-32(42)27-48-21-18-41(5)29(4)36(48)23-30-16-17-33(49)24-34(30)41/h8-10,13-14,16-17,24,28-29,32,35-36,49H,6-7,11-12,15,18-23,25-27H2,1-5H3,(H2,43,44)(H,45,51)(H,46,52)(H,47,50)/t29-,32-,35+,36+,41+,42+/m0/s1. The van der Waals surface area contributed by atoms with Gasteiger partial charge in [0.15, 0.2) is 0 Å². The second kappa shape index (κ2) is 17.3. The second-order valence-corrected chi connectivity index (χ2v) is 16.2. The summed E-state index contributed by atoms with van der Waals surface area (Å²) in [6.45, 7) is 13.5. The molecule has 52 heavy (non-hydrogen) atoms. The molecule has 3 amide bonds. The maximum absolute atomic E-state index is 14.1. The van der Waals surface area contributed by atoms with Gasteiger partial charge in [-0.2, -0.15) is 0 Å². The van der Waals surface area contributed by atoms with Crippen LogP contribution in [0.5, 0.6) is 5.75 Å². The van der Waals surface area contributed by atoms with E-state index in [1.807, 2.05) is 50.2 Å². The van der Waals surface area contributed by atoms with Gasteiger partial charge >= 0.3 is 0 Å². The Morgan fingerprint density at radius 3 is 2.58 bits per heavy atom. The average Bonchev–Trinajstić information content (AvgIpc) is 3.85. The Hall–Kier alpha value is -3.92. The fourth-order valence-electron chi connectivity index (χ4n) is 8.75. The highest BCUT2D eigenvalue weighted by Crippen LogP contribution is 2.56.